The molecule has 0 bridgehead atoms. The van der Waals surface area contributed by atoms with E-state index in [1.54, 1.807) is 31.4 Å². The molecule has 2 aromatic carbocycles. The maximum atomic E-state index is 12.3. The minimum absolute atomic E-state index is 0.0351. The lowest BCUT2D eigenvalue weighted by Gasteiger charge is -2.19. The number of methoxy groups -OCH3 is 1. The van der Waals surface area contributed by atoms with Gasteiger partial charge < -0.3 is 4.74 Å². The second-order valence-electron chi connectivity index (χ2n) is 6.11. The summed E-state index contributed by atoms with van der Waals surface area (Å²) in [5.41, 5.74) is 1.73. The van der Waals surface area contributed by atoms with Crippen molar-refractivity contribution in [1.29, 1.82) is 0 Å². The van der Waals surface area contributed by atoms with E-state index in [4.69, 9.17) is 4.74 Å². The van der Waals surface area contributed by atoms with Gasteiger partial charge in [-0.25, -0.2) is 8.42 Å². The van der Waals surface area contributed by atoms with Gasteiger partial charge in [0.25, 0.3) is 10.0 Å². The van der Waals surface area contributed by atoms with Gasteiger partial charge in [-0.3, -0.25) is 4.72 Å². The van der Waals surface area contributed by atoms with Crippen LogP contribution in [0.2, 0.25) is 0 Å². The molecule has 0 saturated carbocycles. The van der Waals surface area contributed by atoms with Crippen LogP contribution in [0.15, 0.2) is 53.4 Å². The molecular weight excluding hydrogens is 298 g/mol. The van der Waals surface area contributed by atoms with E-state index in [2.05, 4.69) is 25.5 Å². The fourth-order valence-electron chi connectivity index (χ4n) is 2.01. The fourth-order valence-corrected chi connectivity index (χ4v) is 3.07. The SMILES string of the molecule is COc1ccc(S(=O)(=O)Nc2ccc(C(C)(C)C)cc2)cc1. The Morgan fingerprint density at radius 2 is 1.45 bits per heavy atom. The Morgan fingerprint density at radius 3 is 1.91 bits per heavy atom. The molecule has 2 rings (SSSR count). The average Bonchev–Trinajstić information content (AvgIpc) is 2.46. The first-order chi connectivity index (χ1) is 10.2. The van der Waals surface area contributed by atoms with Gasteiger partial charge in [0.05, 0.1) is 12.0 Å². The summed E-state index contributed by atoms with van der Waals surface area (Å²) in [6.07, 6.45) is 0. The third kappa shape index (κ3) is 3.80. The molecule has 5 heteroatoms. The maximum Gasteiger partial charge on any atom is 0.261 e. The Bertz CT molecular complexity index is 727. The van der Waals surface area contributed by atoms with Gasteiger partial charge in [-0.05, 0) is 47.4 Å². The van der Waals surface area contributed by atoms with Crippen LogP contribution in [0.5, 0.6) is 5.75 Å². The summed E-state index contributed by atoms with van der Waals surface area (Å²) in [7, 11) is -2.05. The zero-order chi connectivity index (χ0) is 16.4. The zero-order valence-corrected chi connectivity index (χ0v) is 14.1. The molecule has 0 spiro atoms. The van der Waals surface area contributed by atoms with E-state index in [0.717, 1.165) is 5.56 Å². The van der Waals surface area contributed by atoms with Gasteiger partial charge in [-0.15, -0.1) is 0 Å². The van der Waals surface area contributed by atoms with Crippen LogP contribution in [0.3, 0.4) is 0 Å². The largest absolute Gasteiger partial charge is 0.497 e. The zero-order valence-electron chi connectivity index (χ0n) is 13.3. The Labute approximate surface area is 132 Å². The van der Waals surface area contributed by atoms with Gasteiger partial charge in [-0.2, -0.15) is 0 Å². The van der Waals surface area contributed by atoms with Crippen LogP contribution in [0.4, 0.5) is 5.69 Å². The number of sulfonamides is 1. The van der Waals surface area contributed by atoms with E-state index >= 15 is 0 Å². The van der Waals surface area contributed by atoms with Crippen LogP contribution in [0.25, 0.3) is 0 Å². The van der Waals surface area contributed by atoms with Crippen LogP contribution in [-0.2, 0) is 15.4 Å². The lowest BCUT2D eigenvalue weighted by molar-refractivity contribution is 0.414. The molecule has 0 fully saturated rings. The van der Waals surface area contributed by atoms with E-state index in [1.807, 2.05) is 12.1 Å². The summed E-state index contributed by atoms with van der Waals surface area (Å²) in [6.45, 7) is 6.34. The number of nitrogens with one attached hydrogen (secondary N) is 1. The normalized spacial score (nSPS) is 12.0. The molecule has 0 aliphatic heterocycles. The molecular formula is C17H21NO3S. The third-order valence-corrected chi connectivity index (χ3v) is 4.77. The van der Waals surface area contributed by atoms with Crippen molar-refractivity contribution < 1.29 is 13.2 Å². The second kappa shape index (κ2) is 6.01. The van der Waals surface area contributed by atoms with Crippen molar-refractivity contribution in [2.24, 2.45) is 0 Å². The Morgan fingerprint density at radius 1 is 0.909 bits per heavy atom. The molecule has 0 saturated heterocycles. The molecule has 0 aliphatic carbocycles. The quantitative estimate of drug-likeness (QED) is 0.932. The molecule has 0 amide bonds. The number of ether oxygens (including phenoxy) is 1. The summed E-state index contributed by atoms with van der Waals surface area (Å²) >= 11 is 0. The van der Waals surface area contributed by atoms with Crippen molar-refractivity contribution in [3.8, 4) is 5.75 Å². The van der Waals surface area contributed by atoms with Crippen molar-refractivity contribution in [2.45, 2.75) is 31.1 Å². The van der Waals surface area contributed by atoms with Gasteiger partial charge in [0, 0.05) is 5.69 Å². The minimum atomic E-state index is -3.59. The standard InChI is InChI=1S/C17H21NO3S/c1-17(2,3)13-5-7-14(8-6-13)18-22(19,20)16-11-9-15(21-4)10-12-16/h5-12,18H,1-4H3. The Kier molecular flexibility index (Phi) is 4.47. The Balaban J connectivity index is 2.21. The van der Waals surface area contributed by atoms with Crippen LogP contribution < -0.4 is 9.46 Å². The monoisotopic (exact) mass is 319 g/mol. The van der Waals surface area contributed by atoms with Crippen LogP contribution in [0.1, 0.15) is 26.3 Å². The second-order valence-corrected chi connectivity index (χ2v) is 7.79. The lowest BCUT2D eigenvalue weighted by Crippen LogP contribution is -2.14. The van der Waals surface area contributed by atoms with Gasteiger partial charge in [-0.1, -0.05) is 32.9 Å². The Hall–Kier alpha value is -2.01. The number of rotatable bonds is 4. The molecule has 0 atom stereocenters. The average molecular weight is 319 g/mol. The fraction of sp³-hybridized carbons (Fsp3) is 0.294. The maximum absolute atomic E-state index is 12.3. The lowest BCUT2D eigenvalue weighted by atomic mass is 9.87. The number of hydrogen-bond acceptors (Lipinski definition) is 3. The highest BCUT2D eigenvalue weighted by Gasteiger charge is 2.16. The van der Waals surface area contributed by atoms with Crippen LogP contribution in [0, 0.1) is 0 Å². The minimum Gasteiger partial charge on any atom is -0.497 e. The molecule has 1 N–H and O–H groups in total. The predicted molar refractivity (Wildman–Crippen MR) is 88.9 cm³/mol. The van der Waals surface area contributed by atoms with E-state index < -0.39 is 10.0 Å². The first-order valence-corrected chi connectivity index (χ1v) is 8.48. The number of hydrogen-bond donors (Lipinski definition) is 1. The molecule has 0 radical (unpaired) electrons. The summed E-state index contributed by atoms with van der Waals surface area (Å²) in [4.78, 5) is 0.202. The summed E-state index contributed by atoms with van der Waals surface area (Å²) in [5.74, 6) is 0.619. The highest BCUT2D eigenvalue weighted by atomic mass is 32.2. The van der Waals surface area contributed by atoms with Gasteiger partial charge in [0.2, 0.25) is 0 Å². The number of benzene rings is 2. The smallest absolute Gasteiger partial charge is 0.261 e. The van der Waals surface area contributed by atoms with Gasteiger partial charge in [0.15, 0.2) is 0 Å². The first kappa shape index (κ1) is 16.4. The highest BCUT2D eigenvalue weighted by molar-refractivity contribution is 7.92. The molecule has 2 aromatic rings. The highest BCUT2D eigenvalue weighted by Crippen LogP contribution is 2.25. The van der Waals surface area contributed by atoms with Gasteiger partial charge >= 0.3 is 0 Å². The van der Waals surface area contributed by atoms with Crippen molar-refractivity contribution in [3.63, 3.8) is 0 Å². The van der Waals surface area contributed by atoms with Crippen molar-refractivity contribution in [1.82, 2.24) is 0 Å². The molecule has 0 aliphatic rings. The van der Waals surface area contributed by atoms with E-state index in [9.17, 15) is 8.42 Å². The molecule has 22 heavy (non-hydrogen) atoms. The van der Waals surface area contributed by atoms with E-state index in [1.165, 1.54) is 12.1 Å². The third-order valence-electron chi connectivity index (χ3n) is 3.37. The molecule has 0 aromatic heterocycles. The summed E-state index contributed by atoms with van der Waals surface area (Å²) < 4.78 is 32.3. The van der Waals surface area contributed by atoms with Crippen LogP contribution >= 0.6 is 0 Å². The van der Waals surface area contributed by atoms with E-state index in [0.29, 0.717) is 11.4 Å². The molecule has 118 valence electrons. The van der Waals surface area contributed by atoms with E-state index in [-0.39, 0.29) is 10.3 Å². The van der Waals surface area contributed by atoms with Crippen LogP contribution in [-0.4, -0.2) is 15.5 Å². The predicted octanol–water partition coefficient (Wildman–Crippen LogP) is 3.79. The van der Waals surface area contributed by atoms with Crippen molar-refractivity contribution >= 4 is 15.7 Å². The first-order valence-electron chi connectivity index (χ1n) is 7.00. The molecule has 0 heterocycles. The topological polar surface area (TPSA) is 55.4 Å². The number of anilines is 1. The molecule has 0 unspecified atom stereocenters. The van der Waals surface area contributed by atoms with Crippen molar-refractivity contribution in [2.75, 3.05) is 11.8 Å². The van der Waals surface area contributed by atoms with Crippen molar-refractivity contribution in [3.05, 3.63) is 54.1 Å². The van der Waals surface area contributed by atoms with Gasteiger partial charge in [0.1, 0.15) is 5.75 Å². The molecule has 4 nitrogen and oxygen atoms in total. The summed E-state index contributed by atoms with van der Waals surface area (Å²) in [5, 5.41) is 0. The summed E-state index contributed by atoms with van der Waals surface area (Å²) in [6, 6.07) is 13.7.